The first kappa shape index (κ1) is 21.8. The number of alkyl halides is 3. The molecule has 0 saturated carbocycles. The van der Waals surface area contributed by atoms with E-state index in [0.717, 1.165) is 11.2 Å². The maximum absolute atomic E-state index is 13.4. The van der Waals surface area contributed by atoms with E-state index in [1.165, 1.54) is 7.11 Å². The highest BCUT2D eigenvalue weighted by Gasteiger charge is 2.37. The van der Waals surface area contributed by atoms with Crippen molar-refractivity contribution < 1.29 is 22.5 Å². The first-order valence-electron chi connectivity index (χ1n) is 9.17. The molecule has 1 N–H and O–H groups in total. The number of hydrogen-bond acceptors (Lipinski definition) is 2. The van der Waals surface area contributed by atoms with Gasteiger partial charge in [-0.3, -0.25) is 14.6 Å². The largest absolute Gasteiger partial charge is 0.497 e. The Labute approximate surface area is 162 Å². The number of ether oxygens (including phenoxy) is 1. The molecule has 1 aromatic carbocycles. The van der Waals surface area contributed by atoms with Gasteiger partial charge in [-0.05, 0) is 17.7 Å². The molecule has 0 radical (unpaired) electrons. The van der Waals surface area contributed by atoms with Gasteiger partial charge in [0, 0.05) is 18.8 Å². The summed E-state index contributed by atoms with van der Waals surface area (Å²) in [6.07, 6.45) is -2.37. The minimum absolute atomic E-state index is 0.0991. The van der Waals surface area contributed by atoms with Gasteiger partial charge in [0.1, 0.15) is 31.3 Å². The minimum atomic E-state index is -4.62. The van der Waals surface area contributed by atoms with Crippen LogP contribution in [-0.2, 0) is 19.1 Å². The lowest BCUT2D eigenvalue weighted by molar-refractivity contribution is -0.500. The van der Waals surface area contributed by atoms with Crippen LogP contribution < -0.4 is 10.3 Å². The average molecular weight is 398 g/mol. The zero-order valence-corrected chi connectivity index (χ0v) is 16.6. The molecule has 0 bridgehead atoms. The third kappa shape index (κ3) is 5.74. The quantitative estimate of drug-likeness (QED) is 0.546. The SMILES string of the molecule is COc1ccc(Cc2c(C(F)(F)F)[nH]n(CCC=[N+](C)CC(C)C)c2=O)cc1. The molecule has 2 rings (SSSR count). The van der Waals surface area contributed by atoms with Gasteiger partial charge in [-0.2, -0.15) is 13.2 Å². The van der Waals surface area contributed by atoms with Crippen LogP contribution >= 0.6 is 0 Å². The standard InChI is InChI=1S/C20H26F3N3O2/c1-14(2)13-25(3)10-5-11-26-19(27)17(18(24-26)20(21,22)23)12-15-6-8-16(28-4)9-7-15/h6-10,14H,5,11-13H2,1-4H3/p+1. The first-order chi connectivity index (χ1) is 13.1. The Morgan fingerprint density at radius 2 is 1.89 bits per heavy atom. The molecule has 1 heterocycles. The van der Waals surface area contributed by atoms with Crippen molar-refractivity contribution in [2.45, 2.75) is 39.4 Å². The minimum Gasteiger partial charge on any atom is -0.497 e. The third-order valence-electron chi connectivity index (χ3n) is 4.32. The van der Waals surface area contributed by atoms with E-state index in [4.69, 9.17) is 4.74 Å². The summed E-state index contributed by atoms with van der Waals surface area (Å²) in [6, 6.07) is 6.63. The second-order valence-corrected chi connectivity index (χ2v) is 7.25. The van der Waals surface area contributed by atoms with Crippen LogP contribution in [0.5, 0.6) is 5.75 Å². The molecule has 0 spiro atoms. The molecule has 0 aliphatic carbocycles. The molecule has 0 fully saturated rings. The topological polar surface area (TPSA) is 50.0 Å². The molecular weight excluding hydrogens is 371 g/mol. The maximum atomic E-state index is 13.4. The molecule has 8 heteroatoms. The molecule has 154 valence electrons. The van der Waals surface area contributed by atoms with E-state index < -0.39 is 17.4 Å². The van der Waals surface area contributed by atoms with E-state index in [2.05, 4.69) is 18.9 Å². The molecule has 0 aliphatic heterocycles. The van der Waals surface area contributed by atoms with E-state index in [9.17, 15) is 18.0 Å². The van der Waals surface area contributed by atoms with Gasteiger partial charge in [-0.25, -0.2) is 4.58 Å². The number of methoxy groups -OCH3 is 1. The summed E-state index contributed by atoms with van der Waals surface area (Å²) in [6.45, 7) is 5.17. The average Bonchev–Trinajstić information content (AvgIpc) is 2.91. The lowest BCUT2D eigenvalue weighted by Crippen LogP contribution is -2.21. The van der Waals surface area contributed by atoms with Crippen LogP contribution in [0.3, 0.4) is 0 Å². The molecule has 2 aromatic rings. The summed E-state index contributed by atoms with van der Waals surface area (Å²) in [5.74, 6) is 1.08. The highest BCUT2D eigenvalue weighted by atomic mass is 19.4. The molecule has 0 amide bonds. The van der Waals surface area contributed by atoms with E-state index in [1.54, 1.807) is 24.3 Å². The van der Waals surface area contributed by atoms with Crippen LogP contribution in [-0.4, -0.2) is 41.3 Å². The van der Waals surface area contributed by atoms with Crippen molar-refractivity contribution in [1.82, 2.24) is 9.78 Å². The number of aromatic nitrogens is 2. The number of halogens is 3. The second-order valence-electron chi connectivity index (χ2n) is 7.25. The zero-order chi connectivity index (χ0) is 20.9. The van der Waals surface area contributed by atoms with Crippen LogP contribution in [0.4, 0.5) is 13.2 Å². The highest BCUT2D eigenvalue weighted by Crippen LogP contribution is 2.30. The Kier molecular flexibility index (Phi) is 7.10. The first-order valence-corrected chi connectivity index (χ1v) is 9.17. The van der Waals surface area contributed by atoms with Crippen molar-refractivity contribution in [3.05, 3.63) is 51.4 Å². The molecular formula is C20H27F3N3O2+. The van der Waals surface area contributed by atoms with Crippen molar-refractivity contribution >= 4 is 6.21 Å². The summed E-state index contributed by atoms with van der Waals surface area (Å²) >= 11 is 0. The molecule has 28 heavy (non-hydrogen) atoms. The van der Waals surface area contributed by atoms with Crippen molar-refractivity contribution in [2.75, 3.05) is 20.7 Å². The molecule has 1 aromatic heterocycles. The molecule has 0 unspecified atom stereocenters. The number of nitrogens with one attached hydrogen (secondary N) is 1. The van der Waals surface area contributed by atoms with Gasteiger partial charge in [0.25, 0.3) is 5.56 Å². The fourth-order valence-corrected chi connectivity index (χ4v) is 3.08. The number of aromatic amines is 1. The van der Waals surface area contributed by atoms with Crippen LogP contribution in [0.1, 0.15) is 37.1 Å². The number of nitrogens with zero attached hydrogens (tertiary/aromatic N) is 2. The van der Waals surface area contributed by atoms with E-state index in [-0.39, 0.29) is 18.5 Å². The predicted molar refractivity (Wildman–Crippen MR) is 102 cm³/mol. The Balaban J connectivity index is 2.25. The van der Waals surface area contributed by atoms with Crippen LogP contribution in [0.15, 0.2) is 29.1 Å². The Morgan fingerprint density at radius 3 is 2.43 bits per heavy atom. The molecule has 0 aliphatic rings. The summed E-state index contributed by atoms with van der Waals surface area (Å²) in [7, 11) is 3.42. The van der Waals surface area contributed by atoms with Crippen LogP contribution in [0, 0.1) is 5.92 Å². The lowest BCUT2D eigenvalue weighted by Gasteiger charge is -2.07. The van der Waals surface area contributed by atoms with Gasteiger partial charge in [0.15, 0.2) is 0 Å². The van der Waals surface area contributed by atoms with Crippen molar-refractivity contribution in [3.63, 3.8) is 0 Å². The van der Waals surface area contributed by atoms with E-state index in [0.29, 0.717) is 23.7 Å². The summed E-state index contributed by atoms with van der Waals surface area (Å²) in [4.78, 5) is 12.6. The number of aryl methyl sites for hydroxylation is 1. The van der Waals surface area contributed by atoms with Gasteiger partial charge in [-0.1, -0.05) is 26.0 Å². The highest BCUT2D eigenvalue weighted by molar-refractivity contribution is 5.50. The third-order valence-corrected chi connectivity index (χ3v) is 4.32. The van der Waals surface area contributed by atoms with Gasteiger partial charge >= 0.3 is 6.18 Å². The Bertz CT molecular complexity index is 862. The van der Waals surface area contributed by atoms with Crippen molar-refractivity contribution in [1.29, 1.82) is 0 Å². The van der Waals surface area contributed by atoms with Crippen LogP contribution in [0.25, 0.3) is 0 Å². The predicted octanol–water partition coefficient (Wildman–Crippen LogP) is 3.55. The van der Waals surface area contributed by atoms with Crippen molar-refractivity contribution in [2.24, 2.45) is 5.92 Å². The van der Waals surface area contributed by atoms with E-state index >= 15 is 0 Å². The van der Waals surface area contributed by atoms with Gasteiger partial charge < -0.3 is 4.74 Å². The summed E-state index contributed by atoms with van der Waals surface area (Å²) in [5.41, 5.74) is -1.28. The Hall–Kier alpha value is -2.51. The van der Waals surface area contributed by atoms with Crippen LogP contribution in [0.2, 0.25) is 0 Å². The molecule has 0 atom stereocenters. The smallest absolute Gasteiger partial charge is 0.433 e. The van der Waals surface area contributed by atoms with E-state index in [1.807, 2.05) is 17.8 Å². The second kappa shape index (κ2) is 9.12. The molecule has 0 saturated heterocycles. The normalized spacial score (nSPS) is 12.6. The zero-order valence-electron chi connectivity index (χ0n) is 16.6. The maximum Gasteiger partial charge on any atom is 0.433 e. The number of H-pyrrole nitrogens is 1. The fourth-order valence-electron chi connectivity index (χ4n) is 3.08. The number of benzene rings is 1. The summed E-state index contributed by atoms with van der Waals surface area (Å²) in [5, 5.41) is 2.26. The fraction of sp³-hybridized carbons (Fsp3) is 0.500. The number of rotatable bonds is 8. The molecule has 5 nitrogen and oxygen atoms in total. The van der Waals surface area contributed by atoms with Gasteiger partial charge in [0.05, 0.1) is 19.2 Å². The Morgan fingerprint density at radius 1 is 1.25 bits per heavy atom. The number of hydrogen-bond donors (Lipinski definition) is 1. The van der Waals surface area contributed by atoms with Gasteiger partial charge in [-0.15, -0.1) is 0 Å². The lowest BCUT2D eigenvalue weighted by atomic mass is 10.0. The summed E-state index contributed by atoms with van der Waals surface area (Å²) < 4.78 is 48.4. The van der Waals surface area contributed by atoms with Gasteiger partial charge in [0.2, 0.25) is 0 Å². The van der Waals surface area contributed by atoms with Crippen molar-refractivity contribution in [3.8, 4) is 5.75 Å². The monoisotopic (exact) mass is 398 g/mol.